The summed E-state index contributed by atoms with van der Waals surface area (Å²) in [6.07, 6.45) is -3.40. The molecule has 1 aromatic rings. The molecule has 1 aliphatic rings. The van der Waals surface area contributed by atoms with Crippen LogP contribution in [0.1, 0.15) is 30.1 Å². The molecule has 1 aliphatic heterocycles. The number of halogens is 4. The predicted octanol–water partition coefficient (Wildman–Crippen LogP) is 2.69. The standard InChI is InChI=1S/C17H20ClF3N2O5S/c1-2-28-15(24)10-22(11-17(19,20)21)16(25)13-9-12(5-6-14(13)18)29(26,27)23-7-3-4-8-23/h5-6,9H,2-4,7-8,10-11H2,1H3. The Morgan fingerprint density at radius 3 is 2.41 bits per heavy atom. The highest BCUT2D eigenvalue weighted by Crippen LogP contribution is 2.27. The van der Waals surface area contributed by atoms with Crippen LogP contribution in [0.4, 0.5) is 13.2 Å². The van der Waals surface area contributed by atoms with Gasteiger partial charge < -0.3 is 9.64 Å². The normalized spacial score (nSPS) is 15.3. The molecule has 2 rings (SSSR count). The number of esters is 1. The van der Waals surface area contributed by atoms with E-state index in [0.717, 1.165) is 12.1 Å². The Labute approximate surface area is 171 Å². The van der Waals surface area contributed by atoms with Crippen molar-refractivity contribution in [2.75, 3.05) is 32.8 Å². The highest BCUT2D eigenvalue weighted by Gasteiger charge is 2.36. The van der Waals surface area contributed by atoms with Crippen molar-refractivity contribution in [2.24, 2.45) is 0 Å². The van der Waals surface area contributed by atoms with E-state index in [2.05, 4.69) is 4.74 Å². The van der Waals surface area contributed by atoms with E-state index in [0.29, 0.717) is 25.9 Å². The largest absolute Gasteiger partial charge is 0.465 e. The molecule has 29 heavy (non-hydrogen) atoms. The molecule has 1 heterocycles. The molecule has 0 saturated carbocycles. The summed E-state index contributed by atoms with van der Waals surface area (Å²) in [5.74, 6) is -2.25. The van der Waals surface area contributed by atoms with Crippen molar-refractivity contribution in [2.45, 2.75) is 30.8 Å². The van der Waals surface area contributed by atoms with Crippen LogP contribution in [-0.2, 0) is 19.6 Å². The molecular weight excluding hydrogens is 437 g/mol. The number of hydrogen-bond acceptors (Lipinski definition) is 5. The van der Waals surface area contributed by atoms with Crippen LogP contribution in [0.3, 0.4) is 0 Å². The molecular formula is C17H20ClF3N2O5S. The Balaban J connectivity index is 2.38. The van der Waals surface area contributed by atoms with Gasteiger partial charge in [0, 0.05) is 13.1 Å². The Hall–Kier alpha value is -1.85. The molecule has 1 aromatic carbocycles. The maximum Gasteiger partial charge on any atom is 0.406 e. The zero-order valence-electron chi connectivity index (χ0n) is 15.5. The van der Waals surface area contributed by atoms with Gasteiger partial charge in [-0.3, -0.25) is 9.59 Å². The van der Waals surface area contributed by atoms with Gasteiger partial charge >= 0.3 is 12.1 Å². The van der Waals surface area contributed by atoms with Crippen LogP contribution < -0.4 is 0 Å². The van der Waals surface area contributed by atoms with Gasteiger partial charge in [0.25, 0.3) is 5.91 Å². The first-order valence-electron chi connectivity index (χ1n) is 8.77. The van der Waals surface area contributed by atoms with Crippen LogP contribution in [0.5, 0.6) is 0 Å². The van der Waals surface area contributed by atoms with Gasteiger partial charge in [0.2, 0.25) is 10.0 Å². The molecule has 1 saturated heterocycles. The average Bonchev–Trinajstić information content (AvgIpc) is 3.15. The number of benzene rings is 1. The first-order chi connectivity index (χ1) is 13.5. The van der Waals surface area contributed by atoms with Crippen LogP contribution in [0, 0.1) is 0 Å². The first kappa shape index (κ1) is 23.4. The van der Waals surface area contributed by atoms with Gasteiger partial charge in [-0.1, -0.05) is 11.6 Å². The van der Waals surface area contributed by atoms with E-state index >= 15 is 0 Å². The fraction of sp³-hybridized carbons (Fsp3) is 0.529. The van der Waals surface area contributed by atoms with E-state index in [1.54, 1.807) is 0 Å². The highest BCUT2D eigenvalue weighted by atomic mass is 35.5. The molecule has 0 aromatic heterocycles. The molecule has 7 nitrogen and oxygen atoms in total. The Morgan fingerprint density at radius 1 is 1.24 bits per heavy atom. The van der Waals surface area contributed by atoms with Crippen LogP contribution in [-0.4, -0.2) is 68.5 Å². The Kier molecular flexibility index (Phi) is 7.52. The van der Waals surface area contributed by atoms with Crippen molar-refractivity contribution in [3.63, 3.8) is 0 Å². The second-order valence-electron chi connectivity index (χ2n) is 6.33. The lowest BCUT2D eigenvalue weighted by molar-refractivity contribution is -0.153. The lowest BCUT2D eigenvalue weighted by Gasteiger charge is -2.24. The maximum atomic E-state index is 12.9. The fourth-order valence-corrected chi connectivity index (χ4v) is 4.60. The van der Waals surface area contributed by atoms with E-state index in [1.165, 1.54) is 17.3 Å². The molecule has 1 fully saturated rings. The molecule has 162 valence electrons. The average molecular weight is 457 g/mol. The van der Waals surface area contributed by atoms with E-state index in [1.807, 2.05) is 0 Å². The Morgan fingerprint density at radius 2 is 1.86 bits per heavy atom. The second kappa shape index (κ2) is 9.31. The number of ether oxygens (including phenoxy) is 1. The Bertz CT molecular complexity index is 870. The van der Waals surface area contributed by atoms with Crippen molar-refractivity contribution in [1.29, 1.82) is 0 Å². The third-order valence-electron chi connectivity index (χ3n) is 4.15. The molecule has 0 spiro atoms. The van der Waals surface area contributed by atoms with Gasteiger partial charge in [0.15, 0.2) is 0 Å². The summed E-state index contributed by atoms with van der Waals surface area (Å²) in [5, 5.41) is -0.230. The number of nitrogens with zero attached hydrogens (tertiary/aromatic N) is 2. The maximum absolute atomic E-state index is 12.9. The van der Waals surface area contributed by atoms with Gasteiger partial charge in [-0.2, -0.15) is 17.5 Å². The minimum atomic E-state index is -4.78. The third-order valence-corrected chi connectivity index (χ3v) is 6.38. The molecule has 0 unspecified atom stereocenters. The summed E-state index contributed by atoms with van der Waals surface area (Å²) >= 11 is 5.96. The molecule has 0 aliphatic carbocycles. The minimum Gasteiger partial charge on any atom is -0.465 e. The molecule has 0 atom stereocenters. The molecule has 0 radical (unpaired) electrons. The zero-order valence-corrected chi connectivity index (χ0v) is 17.1. The van der Waals surface area contributed by atoms with E-state index in [9.17, 15) is 31.2 Å². The number of carbonyl (C=O) groups excluding carboxylic acids is 2. The number of sulfonamides is 1. The number of alkyl halides is 3. The van der Waals surface area contributed by atoms with Gasteiger partial charge in [-0.15, -0.1) is 0 Å². The fourth-order valence-electron chi connectivity index (χ4n) is 2.86. The summed E-state index contributed by atoms with van der Waals surface area (Å²) in [6, 6.07) is 3.26. The first-order valence-corrected chi connectivity index (χ1v) is 10.6. The summed E-state index contributed by atoms with van der Waals surface area (Å²) < 4.78 is 69.9. The third kappa shape index (κ3) is 6.06. The van der Waals surface area contributed by atoms with Crippen LogP contribution in [0.25, 0.3) is 0 Å². The number of amides is 1. The number of rotatable bonds is 7. The number of carbonyl (C=O) groups is 2. The summed E-state index contributed by atoms with van der Waals surface area (Å²) in [7, 11) is -3.91. The number of hydrogen-bond donors (Lipinski definition) is 0. The van der Waals surface area contributed by atoms with Crippen molar-refractivity contribution >= 4 is 33.5 Å². The van der Waals surface area contributed by atoms with Crippen LogP contribution >= 0.6 is 11.6 Å². The monoisotopic (exact) mass is 456 g/mol. The smallest absolute Gasteiger partial charge is 0.406 e. The van der Waals surface area contributed by atoms with Crippen LogP contribution in [0.15, 0.2) is 23.1 Å². The van der Waals surface area contributed by atoms with Gasteiger partial charge in [-0.05, 0) is 38.0 Å². The topological polar surface area (TPSA) is 84.0 Å². The molecule has 1 amide bonds. The van der Waals surface area contributed by atoms with Crippen molar-refractivity contribution < 1.29 is 35.9 Å². The second-order valence-corrected chi connectivity index (χ2v) is 8.68. The van der Waals surface area contributed by atoms with Crippen molar-refractivity contribution in [1.82, 2.24) is 9.21 Å². The predicted molar refractivity (Wildman–Crippen MR) is 98.0 cm³/mol. The highest BCUT2D eigenvalue weighted by molar-refractivity contribution is 7.89. The van der Waals surface area contributed by atoms with Gasteiger partial charge in [0.05, 0.1) is 22.1 Å². The van der Waals surface area contributed by atoms with Gasteiger partial charge in [0.1, 0.15) is 13.1 Å². The SMILES string of the molecule is CCOC(=O)CN(CC(F)(F)F)C(=O)c1cc(S(=O)(=O)N2CCCC2)ccc1Cl. The van der Waals surface area contributed by atoms with Crippen molar-refractivity contribution in [3.05, 3.63) is 28.8 Å². The van der Waals surface area contributed by atoms with E-state index in [-0.39, 0.29) is 21.4 Å². The van der Waals surface area contributed by atoms with E-state index in [4.69, 9.17) is 11.6 Å². The summed E-state index contributed by atoms with van der Waals surface area (Å²) in [5.41, 5.74) is -0.444. The minimum absolute atomic E-state index is 0.0722. The molecule has 0 N–H and O–H groups in total. The quantitative estimate of drug-likeness (QED) is 0.589. The molecule has 12 heteroatoms. The lowest BCUT2D eigenvalue weighted by atomic mass is 10.2. The summed E-state index contributed by atoms with van der Waals surface area (Å²) in [4.78, 5) is 24.3. The van der Waals surface area contributed by atoms with Crippen molar-refractivity contribution in [3.8, 4) is 0 Å². The molecule has 0 bridgehead atoms. The van der Waals surface area contributed by atoms with Crippen LogP contribution in [0.2, 0.25) is 5.02 Å². The zero-order chi connectivity index (χ0) is 21.8. The lowest BCUT2D eigenvalue weighted by Crippen LogP contribution is -2.42. The summed E-state index contributed by atoms with van der Waals surface area (Å²) in [6.45, 7) is -0.640. The van der Waals surface area contributed by atoms with Gasteiger partial charge in [-0.25, -0.2) is 8.42 Å². The van der Waals surface area contributed by atoms with E-state index < -0.39 is 46.7 Å².